The molecule has 112 valence electrons. The van der Waals surface area contributed by atoms with Crippen molar-refractivity contribution in [3.05, 3.63) is 28.3 Å². The third-order valence-electron chi connectivity index (χ3n) is 4.37. The van der Waals surface area contributed by atoms with Gasteiger partial charge in [0, 0.05) is 18.7 Å². The molecule has 2 N–H and O–H groups in total. The summed E-state index contributed by atoms with van der Waals surface area (Å²) in [6.45, 7) is 3.23. The van der Waals surface area contributed by atoms with E-state index in [-0.39, 0.29) is 5.69 Å². The normalized spacial score (nSPS) is 22.3. The number of fused-ring (bicyclic) bond motifs is 1. The monoisotopic (exact) mass is 288 g/mol. The summed E-state index contributed by atoms with van der Waals surface area (Å²) < 4.78 is 0. The number of anilines is 1. The molecule has 1 aromatic carbocycles. The molecule has 6 heteroatoms. The fourth-order valence-electron chi connectivity index (χ4n) is 2.97. The Kier molecular flexibility index (Phi) is 3.77. The first kappa shape index (κ1) is 13.9. The molecule has 1 fully saturated rings. The van der Waals surface area contributed by atoms with E-state index in [9.17, 15) is 10.1 Å². The van der Waals surface area contributed by atoms with Crippen LogP contribution in [0.4, 0.5) is 11.6 Å². The lowest BCUT2D eigenvalue weighted by molar-refractivity contribution is -0.384. The lowest BCUT2D eigenvalue weighted by Gasteiger charge is -2.26. The fourth-order valence-corrected chi connectivity index (χ4v) is 2.97. The van der Waals surface area contributed by atoms with Crippen molar-refractivity contribution in [1.29, 1.82) is 0 Å². The first-order chi connectivity index (χ1) is 10.1. The van der Waals surface area contributed by atoms with Crippen LogP contribution < -0.4 is 5.32 Å². The summed E-state index contributed by atoms with van der Waals surface area (Å²) >= 11 is 0. The molecule has 1 heterocycles. The topological polar surface area (TPSA) is 83.8 Å². The third-order valence-corrected chi connectivity index (χ3v) is 4.37. The Balaban J connectivity index is 1.66. The number of aromatic amines is 1. The molecule has 0 atom stereocenters. The van der Waals surface area contributed by atoms with E-state index in [1.807, 2.05) is 0 Å². The van der Waals surface area contributed by atoms with E-state index in [0.29, 0.717) is 17.4 Å². The standard InChI is InChI=1S/C15H20N4O2/c1-10-2-4-11(5-3-10)9-16-15-17-13-7-6-12(19(20)21)8-14(13)18-15/h6-8,10-11H,2-5,9H2,1H3,(H2,16,17,18). The van der Waals surface area contributed by atoms with Gasteiger partial charge >= 0.3 is 0 Å². The first-order valence-corrected chi connectivity index (χ1v) is 7.50. The molecule has 3 rings (SSSR count). The van der Waals surface area contributed by atoms with Gasteiger partial charge in [-0.15, -0.1) is 0 Å². The van der Waals surface area contributed by atoms with Crippen LogP contribution in [0.5, 0.6) is 0 Å². The Morgan fingerprint density at radius 2 is 2.14 bits per heavy atom. The number of nitro groups is 1. The number of aromatic nitrogens is 2. The Bertz CT molecular complexity index is 644. The van der Waals surface area contributed by atoms with Crippen molar-refractivity contribution in [3.8, 4) is 0 Å². The minimum Gasteiger partial charge on any atom is -0.356 e. The Labute approximate surface area is 123 Å². The predicted octanol–water partition coefficient (Wildman–Crippen LogP) is 3.71. The van der Waals surface area contributed by atoms with Crippen LogP contribution in [0.3, 0.4) is 0 Å². The molecule has 21 heavy (non-hydrogen) atoms. The van der Waals surface area contributed by atoms with E-state index in [1.165, 1.54) is 37.8 Å². The maximum atomic E-state index is 10.8. The fraction of sp³-hybridized carbons (Fsp3) is 0.533. The van der Waals surface area contributed by atoms with Gasteiger partial charge in [0.2, 0.25) is 5.95 Å². The number of imidazole rings is 1. The van der Waals surface area contributed by atoms with Gasteiger partial charge in [-0.3, -0.25) is 10.1 Å². The Morgan fingerprint density at radius 1 is 1.38 bits per heavy atom. The zero-order valence-electron chi connectivity index (χ0n) is 12.1. The SMILES string of the molecule is CC1CCC(CNc2nc3ccc([N+](=O)[O-])cc3[nH]2)CC1. The van der Waals surface area contributed by atoms with Crippen LogP contribution >= 0.6 is 0 Å². The molecule has 0 unspecified atom stereocenters. The number of hydrogen-bond donors (Lipinski definition) is 2. The molecule has 0 amide bonds. The van der Waals surface area contributed by atoms with Gasteiger partial charge in [0.05, 0.1) is 16.0 Å². The number of benzene rings is 1. The summed E-state index contributed by atoms with van der Waals surface area (Å²) in [5.74, 6) is 2.25. The van der Waals surface area contributed by atoms with Crippen LogP contribution in [0.15, 0.2) is 18.2 Å². The van der Waals surface area contributed by atoms with Crippen molar-refractivity contribution in [2.24, 2.45) is 11.8 Å². The molecule has 0 aliphatic heterocycles. The van der Waals surface area contributed by atoms with E-state index in [2.05, 4.69) is 22.2 Å². The van der Waals surface area contributed by atoms with Crippen LogP contribution in [0.2, 0.25) is 0 Å². The zero-order valence-corrected chi connectivity index (χ0v) is 12.1. The van der Waals surface area contributed by atoms with E-state index >= 15 is 0 Å². The number of non-ortho nitro benzene ring substituents is 1. The third kappa shape index (κ3) is 3.15. The summed E-state index contributed by atoms with van der Waals surface area (Å²) in [6, 6.07) is 4.68. The molecule has 6 nitrogen and oxygen atoms in total. The van der Waals surface area contributed by atoms with Gasteiger partial charge in [0.25, 0.3) is 5.69 Å². The van der Waals surface area contributed by atoms with Gasteiger partial charge in [-0.1, -0.05) is 19.8 Å². The van der Waals surface area contributed by atoms with Crippen molar-refractivity contribution >= 4 is 22.7 Å². The molecule has 1 saturated carbocycles. The summed E-state index contributed by atoms with van der Waals surface area (Å²) in [5.41, 5.74) is 1.53. The van der Waals surface area contributed by atoms with Gasteiger partial charge in [0.1, 0.15) is 0 Å². The second kappa shape index (κ2) is 5.71. The highest BCUT2D eigenvalue weighted by molar-refractivity contribution is 5.79. The maximum Gasteiger partial charge on any atom is 0.271 e. The van der Waals surface area contributed by atoms with Crippen LogP contribution in [0.25, 0.3) is 11.0 Å². The van der Waals surface area contributed by atoms with Crippen LogP contribution in [-0.4, -0.2) is 21.4 Å². The van der Waals surface area contributed by atoms with Gasteiger partial charge in [-0.05, 0) is 30.7 Å². The average Bonchev–Trinajstić information content (AvgIpc) is 2.88. The quantitative estimate of drug-likeness (QED) is 0.663. The minimum atomic E-state index is -0.392. The molecule has 0 bridgehead atoms. The zero-order chi connectivity index (χ0) is 14.8. The predicted molar refractivity (Wildman–Crippen MR) is 82.4 cm³/mol. The highest BCUT2D eigenvalue weighted by Crippen LogP contribution is 2.28. The lowest BCUT2D eigenvalue weighted by atomic mass is 9.83. The molecule has 1 aliphatic rings. The molecule has 1 aromatic heterocycles. The summed E-state index contributed by atoms with van der Waals surface area (Å²) in [4.78, 5) is 17.9. The second-order valence-corrected chi connectivity index (χ2v) is 6.05. The van der Waals surface area contributed by atoms with Crippen LogP contribution in [0, 0.1) is 22.0 Å². The van der Waals surface area contributed by atoms with E-state index in [1.54, 1.807) is 6.07 Å². The number of H-pyrrole nitrogens is 1. The second-order valence-electron chi connectivity index (χ2n) is 6.05. The highest BCUT2D eigenvalue weighted by atomic mass is 16.6. The lowest BCUT2D eigenvalue weighted by Crippen LogP contribution is -2.20. The molecular formula is C15H20N4O2. The summed E-state index contributed by atoms with van der Waals surface area (Å²) in [6.07, 6.45) is 5.14. The maximum absolute atomic E-state index is 10.8. The van der Waals surface area contributed by atoms with E-state index < -0.39 is 4.92 Å². The Hall–Kier alpha value is -2.11. The molecular weight excluding hydrogens is 268 g/mol. The largest absolute Gasteiger partial charge is 0.356 e. The van der Waals surface area contributed by atoms with E-state index in [4.69, 9.17) is 0 Å². The number of hydrogen-bond acceptors (Lipinski definition) is 4. The van der Waals surface area contributed by atoms with Crippen molar-refractivity contribution < 1.29 is 4.92 Å². The molecule has 2 aromatic rings. The van der Waals surface area contributed by atoms with Gasteiger partial charge in [-0.2, -0.15) is 0 Å². The number of nitro benzene ring substituents is 1. The van der Waals surface area contributed by atoms with Gasteiger partial charge in [0.15, 0.2) is 0 Å². The number of nitrogens with zero attached hydrogens (tertiary/aromatic N) is 2. The van der Waals surface area contributed by atoms with Crippen molar-refractivity contribution in [2.45, 2.75) is 32.6 Å². The van der Waals surface area contributed by atoms with Crippen LogP contribution in [0.1, 0.15) is 32.6 Å². The summed E-state index contributed by atoms with van der Waals surface area (Å²) in [7, 11) is 0. The van der Waals surface area contributed by atoms with Crippen LogP contribution in [-0.2, 0) is 0 Å². The van der Waals surface area contributed by atoms with Gasteiger partial charge < -0.3 is 10.3 Å². The first-order valence-electron chi connectivity index (χ1n) is 7.50. The van der Waals surface area contributed by atoms with E-state index in [0.717, 1.165) is 18.0 Å². The molecule has 0 saturated heterocycles. The molecule has 0 radical (unpaired) electrons. The number of nitrogens with one attached hydrogen (secondary N) is 2. The van der Waals surface area contributed by atoms with Gasteiger partial charge in [-0.25, -0.2) is 4.98 Å². The minimum absolute atomic E-state index is 0.0824. The van der Waals surface area contributed by atoms with Crippen molar-refractivity contribution in [1.82, 2.24) is 9.97 Å². The number of rotatable bonds is 4. The van der Waals surface area contributed by atoms with Crippen molar-refractivity contribution in [3.63, 3.8) is 0 Å². The molecule has 0 spiro atoms. The average molecular weight is 288 g/mol. The molecule has 1 aliphatic carbocycles. The summed E-state index contributed by atoms with van der Waals surface area (Å²) in [5, 5.41) is 14.1. The Morgan fingerprint density at radius 3 is 2.86 bits per heavy atom. The highest BCUT2D eigenvalue weighted by Gasteiger charge is 2.18. The smallest absolute Gasteiger partial charge is 0.271 e. The van der Waals surface area contributed by atoms with Crippen molar-refractivity contribution in [2.75, 3.05) is 11.9 Å².